The number of benzene rings is 2. The van der Waals surface area contributed by atoms with E-state index < -0.39 is 49.1 Å². The van der Waals surface area contributed by atoms with Gasteiger partial charge in [0.05, 0.1) is 41.3 Å². The van der Waals surface area contributed by atoms with Gasteiger partial charge in [-0.1, -0.05) is 18.2 Å². The number of carbonyl (C=O) groups excluding carboxylic acids is 1. The van der Waals surface area contributed by atoms with Gasteiger partial charge in [-0.2, -0.15) is 31.6 Å². The van der Waals surface area contributed by atoms with Crippen LogP contribution in [-0.4, -0.2) is 59.3 Å². The van der Waals surface area contributed by atoms with Gasteiger partial charge in [0.2, 0.25) is 5.91 Å². The van der Waals surface area contributed by atoms with Crippen LogP contribution in [0.4, 0.5) is 32.0 Å². The van der Waals surface area contributed by atoms with Gasteiger partial charge in [0, 0.05) is 31.6 Å². The van der Waals surface area contributed by atoms with E-state index in [1.165, 1.54) is 23.4 Å². The maximum atomic E-state index is 13.8. The molecule has 3 aromatic rings. The number of aromatic nitrogens is 2. The number of hydrogen-bond donors (Lipinski definition) is 1. The number of halogens is 6. The van der Waals surface area contributed by atoms with Crippen molar-refractivity contribution >= 4 is 11.6 Å². The summed E-state index contributed by atoms with van der Waals surface area (Å²) in [5.41, 5.74) is 1.07. The Bertz CT molecular complexity index is 1320. The number of ether oxygens (including phenoxy) is 1. The van der Waals surface area contributed by atoms with Crippen LogP contribution in [-0.2, 0) is 22.1 Å². The smallest absolute Gasteiger partial charge is 0.372 e. The summed E-state index contributed by atoms with van der Waals surface area (Å²) < 4.78 is 82.8. The van der Waals surface area contributed by atoms with E-state index in [0.717, 1.165) is 17.7 Å². The van der Waals surface area contributed by atoms with Gasteiger partial charge in [-0.15, -0.1) is 0 Å². The molecule has 1 aliphatic heterocycles. The van der Waals surface area contributed by atoms with E-state index >= 15 is 0 Å². The number of H-pyrrole nitrogens is 1. The van der Waals surface area contributed by atoms with E-state index in [1.807, 2.05) is 11.0 Å². The van der Waals surface area contributed by atoms with Gasteiger partial charge < -0.3 is 14.6 Å². The summed E-state index contributed by atoms with van der Waals surface area (Å²) >= 11 is 0. The second kappa shape index (κ2) is 12.1. The molecule has 1 aromatic heterocycles. The lowest BCUT2D eigenvalue weighted by Crippen LogP contribution is -2.58. The fourth-order valence-corrected chi connectivity index (χ4v) is 4.75. The molecule has 212 valence electrons. The normalized spacial score (nSPS) is 17.6. The highest BCUT2D eigenvalue weighted by molar-refractivity contribution is 5.98. The first kappa shape index (κ1) is 29.1. The van der Waals surface area contributed by atoms with Gasteiger partial charge in [-0.25, -0.2) is 4.98 Å². The van der Waals surface area contributed by atoms with Crippen LogP contribution in [0.3, 0.4) is 0 Å². The van der Waals surface area contributed by atoms with Crippen molar-refractivity contribution in [2.45, 2.75) is 37.3 Å². The van der Waals surface area contributed by atoms with Crippen LogP contribution < -0.4 is 4.90 Å². The molecule has 1 fully saturated rings. The molecule has 1 amide bonds. The Kier molecular flexibility index (Phi) is 8.80. The van der Waals surface area contributed by atoms with Crippen LogP contribution in [0.1, 0.15) is 34.8 Å². The number of piperazine rings is 1. The molecular weight excluding hydrogens is 540 g/mol. The second-order valence-corrected chi connectivity index (χ2v) is 9.28. The fraction of sp³-hybridized carbons (Fsp3) is 0.370. The lowest BCUT2D eigenvalue weighted by Gasteiger charge is -2.44. The molecule has 40 heavy (non-hydrogen) atoms. The summed E-state index contributed by atoms with van der Waals surface area (Å²) in [5.74, 6) is -0.550. The molecule has 0 saturated carbocycles. The van der Waals surface area contributed by atoms with Crippen LogP contribution in [0.15, 0.2) is 61.1 Å². The third-order valence-electron chi connectivity index (χ3n) is 6.61. The molecular formula is C27H25F6N5O2. The summed E-state index contributed by atoms with van der Waals surface area (Å²) in [7, 11) is 0. The number of anilines is 1. The number of aromatic amines is 1. The van der Waals surface area contributed by atoms with Crippen LogP contribution in [0.25, 0.3) is 0 Å². The Hall–Kier alpha value is -3.89. The van der Waals surface area contributed by atoms with Gasteiger partial charge in [-0.05, 0) is 48.7 Å². The number of nitrogens with zero attached hydrogens (tertiary/aromatic N) is 4. The number of nitrogens with one attached hydrogen (secondary N) is 1. The molecule has 13 heteroatoms. The van der Waals surface area contributed by atoms with Gasteiger partial charge in [0.15, 0.2) is 0 Å². The van der Waals surface area contributed by atoms with Gasteiger partial charge in [-0.3, -0.25) is 9.69 Å². The van der Waals surface area contributed by atoms with Crippen molar-refractivity contribution < 1.29 is 35.9 Å². The maximum absolute atomic E-state index is 13.8. The molecule has 0 bridgehead atoms. The van der Waals surface area contributed by atoms with Crippen LogP contribution in [0.2, 0.25) is 0 Å². The Balaban J connectivity index is 1.64. The maximum Gasteiger partial charge on any atom is 0.416 e. The standard InChI is InChI=1S/C27H25F6N5O2/c28-26(29,30)16-40-11-8-23-25(39)37(21-3-1-2-20(13-21)27(31,32)33)9-10-38(23)24(22-15-35-17-36-22)12-18-4-6-19(14-34)7-5-18/h1-7,13,15,17,23-24H,8-12,16H2,(H,35,36)/t23-,24?/m0/s1. The van der Waals surface area contributed by atoms with E-state index in [0.29, 0.717) is 17.7 Å². The zero-order valence-electron chi connectivity index (χ0n) is 21.0. The van der Waals surface area contributed by atoms with Crippen LogP contribution in [0.5, 0.6) is 0 Å². The zero-order valence-corrected chi connectivity index (χ0v) is 21.0. The molecule has 0 radical (unpaired) electrons. The average molecular weight is 566 g/mol. The van der Waals surface area contributed by atoms with Crippen LogP contribution >= 0.6 is 0 Å². The SMILES string of the molecule is N#Cc1ccc(CC(c2cnc[nH]2)N2CCN(c3cccc(C(F)(F)F)c3)C(=O)[C@@H]2CCOCC(F)(F)F)cc1. The summed E-state index contributed by atoms with van der Waals surface area (Å²) in [6.45, 7) is -1.61. The molecule has 1 saturated heterocycles. The molecule has 2 heterocycles. The Morgan fingerprint density at radius 3 is 2.48 bits per heavy atom. The third kappa shape index (κ3) is 7.19. The molecule has 2 atom stereocenters. The van der Waals surface area contributed by atoms with Gasteiger partial charge in [0.25, 0.3) is 0 Å². The minimum atomic E-state index is -4.61. The van der Waals surface area contributed by atoms with Gasteiger partial charge in [0.1, 0.15) is 6.61 Å². The summed E-state index contributed by atoms with van der Waals surface area (Å²) in [5, 5.41) is 9.10. The lowest BCUT2D eigenvalue weighted by molar-refractivity contribution is -0.175. The highest BCUT2D eigenvalue weighted by atomic mass is 19.4. The van der Waals surface area contributed by atoms with E-state index in [2.05, 4.69) is 9.97 Å². The average Bonchev–Trinajstić information content (AvgIpc) is 3.45. The number of hydrogen-bond acceptors (Lipinski definition) is 5. The van der Waals surface area contributed by atoms with E-state index in [4.69, 9.17) is 10.00 Å². The summed E-state index contributed by atoms with van der Waals surface area (Å²) in [6, 6.07) is 11.8. The summed E-state index contributed by atoms with van der Waals surface area (Å²) in [6.07, 6.45) is -5.88. The molecule has 2 aromatic carbocycles. The molecule has 1 unspecified atom stereocenters. The first-order valence-corrected chi connectivity index (χ1v) is 12.3. The van der Waals surface area contributed by atoms with Crippen molar-refractivity contribution in [3.05, 3.63) is 83.4 Å². The number of amides is 1. The third-order valence-corrected chi connectivity index (χ3v) is 6.61. The van der Waals surface area contributed by atoms with Crippen molar-refractivity contribution in [2.24, 2.45) is 0 Å². The number of imidazole rings is 1. The van der Waals surface area contributed by atoms with Crippen LogP contribution in [0, 0.1) is 11.3 Å². The monoisotopic (exact) mass is 565 g/mol. The molecule has 1 N–H and O–H groups in total. The quantitative estimate of drug-likeness (QED) is 0.282. The number of rotatable bonds is 9. The first-order valence-electron chi connectivity index (χ1n) is 12.3. The molecule has 0 spiro atoms. The molecule has 7 nitrogen and oxygen atoms in total. The fourth-order valence-electron chi connectivity index (χ4n) is 4.75. The molecule has 1 aliphatic rings. The highest BCUT2D eigenvalue weighted by Crippen LogP contribution is 2.35. The van der Waals surface area contributed by atoms with Crippen molar-refractivity contribution in [1.82, 2.24) is 14.9 Å². The molecule has 0 aliphatic carbocycles. The predicted octanol–water partition coefficient (Wildman–Crippen LogP) is 5.27. The van der Waals surface area contributed by atoms with Crippen molar-refractivity contribution in [2.75, 3.05) is 31.2 Å². The Morgan fingerprint density at radius 1 is 1.10 bits per heavy atom. The number of alkyl halides is 6. The first-order chi connectivity index (χ1) is 19.0. The highest BCUT2D eigenvalue weighted by Gasteiger charge is 2.40. The molecule has 4 rings (SSSR count). The Morgan fingerprint density at radius 2 is 1.85 bits per heavy atom. The topological polar surface area (TPSA) is 85.3 Å². The number of nitriles is 1. The minimum Gasteiger partial charge on any atom is -0.372 e. The van der Waals surface area contributed by atoms with Gasteiger partial charge >= 0.3 is 12.4 Å². The number of carbonyl (C=O) groups is 1. The minimum absolute atomic E-state index is 0.0471. The Labute approximate surface area is 226 Å². The predicted molar refractivity (Wildman–Crippen MR) is 132 cm³/mol. The largest absolute Gasteiger partial charge is 0.416 e. The van der Waals surface area contributed by atoms with E-state index in [9.17, 15) is 31.1 Å². The zero-order chi connectivity index (χ0) is 28.9. The van der Waals surface area contributed by atoms with E-state index in [-0.39, 0.29) is 25.2 Å². The van der Waals surface area contributed by atoms with Crippen molar-refractivity contribution in [3.63, 3.8) is 0 Å². The van der Waals surface area contributed by atoms with Crippen molar-refractivity contribution in [3.8, 4) is 6.07 Å². The van der Waals surface area contributed by atoms with E-state index in [1.54, 1.807) is 30.5 Å². The van der Waals surface area contributed by atoms with Crippen molar-refractivity contribution in [1.29, 1.82) is 5.26 Å². The lowest BCUT2D eigenvalue weighted by atomic mass is 9.96. The summed E-state index contributed by atoms with van der Waals surface area (Å²) in [4.78, 5) is 23.9. The second-order valence-electron chi connectivity index (χ2n) is 9.28.